The summed E-state index contributed by atoms with van der Waals surface area (Å²) in [6.07, 6.45) is -4.66. The number of rotatable bonds is 6. The van der Waals surface area contributed by atoms with Gasteiger partial charge in [-0.1, -0.05) is 47.4 Å². The van der Waals surface area contributed by atoms with Crippen LogP contribution in [-0.4, -0.2) is 41.2 Å². The van der Waals surface area contributed by atoms with Crippen molar-refractivity contribution in [1.29, 1.82) is 0 Å². The summed E-state index contributed by atoms with van der Waals surface area (Å²) in [5.74, 6) is -3.59. The number of thioether (sulfide) groups is 1. The molecule has 13 heteroatoms. The number of imide groups is 1. The average molecular weight is 565 g/mol. The third-order valence-corrected chi connectivity index (χ3v) is 8.56. The summed E-state index contributed by atoms with van der Waals surface area (Å²) in [5, 5.41) is -0.601. The molecule has 3 heterocycles. The van der Waals surface area contributed by atoms with Crippen molar-refractivity contribution in [3.05, 3.63) is 74.2 Å². The van der Waals surface area contributed by atoms with Crippen molar-refractivity contribution >= 4 is 46.6 Å². The topological polar surface area (TPSA) is 106 Å². The zero-order valence-electron chi connectivity index (χ0n) is 19.6. The Bertz CT molecular complexity index is 1480. The van der Waals surface area contributed by atoms with E-state index >= 15 is 0 Å². The fourth-order valence-corrected chi connectivity index (χ4v) is 7.14. The second kappa shape index (κ2) is 9.95. The minimum atomic E-state index is -4.66. The highest BCUT2D eigenvalue weighted by Crippen LogP contribution is 2.54. The second-order valence-corrected chi connectivity index (χ2v) is 10.6. The van der Waals surface area contributed by atoms with Gasteiger partial charge >= 0.3 is 17.0 Å². The summed E-state index contributed by atoms with van der Waals surface area (Å²) in [7, 11) is 0. The Morgan fingerprint density at radius 1 is 1.08 bits per heavy atom. The molecule has 1 N–H and O–H groups in total. The zero-order valence-corrected chi connectivity index (χ0v) is 21.2. The van der Waals surface area contributed by atoms with E-state index in [0.29, 0.717) is 15.5 Å². The smallest absolute Gasteiger partial charge is 0.416 e. The fraction of sp³-hybridized carbons (Fsp3) is 0.280. The van der Waals surface area contributed by atoms with E-state index in [1.807, 2.05) is 0 Å². The summed E-state index contributed by atoms with van der Waals surface area (Å²) >= 11 is 1.88. The summed E-state index contributed by atoms with van der Waals surface area (Å²) in [6, 6.07) is 10.6. The van der Waals surface area contributed by atoms with Gasteiger partial charge in [-0.2, -0.15) is 13.2 Å². The first-order valence-electron chi connectivity index (χ1n) is 11.4. The molecular weight excluding hydrogens is 545 g/mol. The number of nitrogens with zero attached hydrogens (tertiary/aromatic N) is 1. The van der Waals surface area contributed by atoms with Crippen LogP contribution in [0.25, 0.3) is 0 Å². The zero-order chi connectivity index (χ0) is 27.2. The molecule has 0 unspecified atom stereocenters. The summed E-state index contributed by atoms with van der Waals surface area (Å²) in [4.78, 5) is 55.1. The number of H-pyrrole nitrogens is 1. The van der Waals surface area contributed by atoms with Crippen LogP contribution in [0.15, 0.2) is 58.4 Å². The van der Waals surface area contributed by atoms with Crippen LogP contribution in [0.3, 0.4) is 0 Å². The Morgan fingerprint density at radius 3 is 2.58 bits per heavy atom. The van der Waals surface area contributed by atoms with Gasteiger partial charge in [-0.15, -0.1) is 0 Å². The average Bonchev–Trinajstić information content (AvgIpc) is 3.37. The first kappa shape index (κ1) is 26.0. The van der Waals surface area contributed by atoms with Gasteiger partial charge in [0.25, 0.3) is 0 Å². The van der Waals surface area contributed by atoms with Crippen LogP contribution in [0.1, 0.15) is 28.8 Å². The van der Waals surface area contributed by atoms with Gasteiger partial charge in [0.2, 0.25) is 11.8 Å². The number of halogens is 3. The summed E-state index contributed by atoms with van der Waals surface area (Å²) in [6.45, 7) is 1.41. The van der Waals surface area contributed by atoms with Crippen LogP contribution < -0.4 is 14.5 Å². The highest BCUT2D eigenvalue weighted by molar-refractivity contribution is 8.00. The summed E-state index contributed by atoms with van der Waals surface area (Å²) in [5.41, 5.74) is -0.723. The molecule has 8 nitrogen and oxygen atoms in total. The maximum Gasteiger partial charge on any atom is 0.416 e. The Labute approximate surface area is 221 Å². The van der Waals surface area contributed by atoms with Crippen molar-refractivity contribution in [2.24, 2.45) is 5.92 Å². The van der Waals surface area contributed by atoms with Crippen LogP contribution >= 0.6 is 23.1 Å². The number of carbonyl (C=O) groups excluding carboxylic acids is 3. The molecule has 0 aliphatic carbocycles. The van der Waals surface area contributed by atoms with Gasteiger partial charge in [-0.05, 0) is 31.2 Å². The fourth-order valence-electron chi connectivity index (χ4n) is 4.64. The normalized spacial score (nSPS) is 20.7. The molecule has 38 heavy (non-hydrogen) atoms. The van der Waals surface area contributed by atoms with Gasteiger partial charge in [0, 0.05) is 16.4 Å². The lowest BCUT2D eigenvalue weighted by Gasteiger charge is -2.30. The van der Waals surface area contributed by atoms with Crippen molar-refractivity contribution in [2.45, 2.75) is 29.3 Å². The number of benzene rings is 2. The minimum absolute atomic E-state index is 0.163. The molecule has 198 valence electrons. The molecule has 0 saturated carbocycles. The number of aromatic nitrogens is 1. The maximum absolute atomic E-state index is 13.8. The van der Waals surface area contributed by atoms with E-state index in [2.05, 4.69) is 4.98 Å². The van der Waals surface area contributed by atoms with Gasteiger partial charge in [-0.25, -0.2) is 9.69 Å². The number of amides is 2. The van der Waals surface area contributed by atoms with E-state index in [0.717, 1.165) is 46.2 Å². The molecule has 0 bridgehead atoms. The van der Waals surface area contributed by atoms with Crippen LogP contribution in [-0.2, 0) is 25.3 Å². The molecule has 0 spiro atoms. The van der Waals surface area contributed by atoms with E-state index in [1.165, 1.54) is 6.07 Å². The number of hydrogen-bond acceptors (Lipinski definition) is 8. The van der Waals surface area contributed by atoms with Crippen LogP contribution in [0, 0.1) is 5.92 Å². The van der Waals surface area contributed by atoms with Crippen molar-refractivity contribution in [1.82, 2.24) is 4.98 Å². The predicted molar refractivity (Wildman–Crippen MR) is 132 cm³/mol. The number of anilines is 1. The van der Waals surface area contributed by atoms with Crippen LogP contribution in [0.5, 0.6) is 5.75 Å². The first-order valence-corrected chi connectivity index (χ1v) is 13.1. The Kier molecular flexibility index (Phi) is 6.82. The van der Waals surface area contributed by atoms with Crippen molar-refractivity contribution in [3.63, 3.8) is 0 Å². The van der Waals surface area contributed by atoms with Crippen LogP contribution in [0.4, 0.5) is 18.9 Å². The highest BCUT2D eigenvalue weighted by atomic mass is 32.2. The minimum Gasteiger partial charge on any atom is -0.482 e. The predicted octanol–water partition coefficient (Wildman–Crippen LogP) is 4.19. The number of hydrogen-bond donors (Lipinski definition) is 1. The van der Waals surface area contributed by atoms with Gasteiger partial charge in [0.15, 0.2) is 6.61 Å². The molecule has 2 aliphatic rings. The Morgan fingerprint density at radius 2 is 1.84 bits per heavy atom. The van der Waals surface area contributed by atoms with E-state index in [1.54, 1.807) is 31.2 Å². The molecule has 2 aliphatic heterocycles. The van der Waals surface area contributed by atoms with Gasteiger partial charge < -0.3 is 14.5 Å². The van der Waals surface area contributed by atoms with Crippen LogP contribution in [0.2, 0.25) is 0 Å². The van der Waals surface area contributed by atoms with Crippen molar-refractivity contribution in [3.8, 4) is 5.75 Å². The first-order chi connectivity index (χ1) is 18.1. The Hall–Kier alpha value is -3.58. The molecule has 1 saturated heterocycles. The number of esters is 1. The van der Waals surface area contributed by atoms with E-state index in [9.17, 15) is 32.3 Å². The summed E-state index contributed by atoms with van der Waals surface area (Å²) < 4.78 is 50.7. The number of alkyl halides is 3. The third kappa shape index (κ3) is 4.60. The maximum atomic E-state index is 13.8. The number of para-hydroxylation sites is 1. The van der Waals surface area contributed by atoms with E-state index in [4.69, 9.17) is 9.47 Å². The van der Waals surface area contributed by atoms with E-state index in [-0.39, 0.29) is 22.9 Å². The molecule has 1 fully saturated rings. The number of thiazole rings is 1. The molecule has 2 aromatic carbocycles. The second-order valence-electron chi connectivity index (χ2n) is 8.44. The van der Waals surface area contributed by atoms with Crippen molar-refractivity contribution in [2.75, 3.05) is 18.1 Å². The molecule has 3 aromatic rings. The number of aromatic amines is 1. The van der Waals surface area contributed by atoms with Crippen molar-refractivity contribution < 1.29 is 37.0 Å². The monoisotopic (exact) mass is 564 g/mol. The Balaban J connectivity index is 1.58. The van der Waals surface area contributed by atoms with E-state index < -0.39 is 53.2 Å². The number of nitrogens with one attached hydrogen (secondary N) is 1. The SMILES string of the molecule is CCOC(=O)COc1ccccc1[C@@H]1c2sc(=O)[nH]c2S[C@H]2C(=O)N(c3cccc(C(F)(F)F)c3)C(=O)[C@@H]12. The lowest BCUT2D eigenvalue weighted by atomic mass is 9.82. The van der Waals surface area contributed by atoms with Gasteiger partial charge in [0.05, 0.1) is 28.8 Å². The standard InChI is InChI=1S/C25H19F3N2O6S2/c1-2-35-16(31)11-36-15-9-4-3-8-14(15)17-18-20(37-21-19(17)38-24(34)29-21)23(33)30(22(18)32)13-7-5-6-12(10-13)25(26,27)28/h3-10,17-18,20H,2,11H2,1H3,(H,29,34)/t17-,18-,20+/m0/s1. The highest BCUT2D eigenvalue weighted by Gasteiger charge is 2.57. The van der Waals surface area contributed by atoms with Gasteiger partial charge in [-0.3, -0.25) is 14.4 Å². The number of carbonyl (C=O) groups is 3. The quantitative estimate of drug-likeness (QED) is 0.354. The third-order valence-electron chi connectivity index (χ3n) is 6.16. The number of ether oxygens (including phenoxy) is 2. The lowest BCUT2D eigenvalue weighted by Crippen LogP contribution is -2.32. The van der Waals surface area contributed by atoms with Gasteiger partial charge in [0.1, 0.15) is 11.0 Å². The molecule has 1 aromatic heterocycles. The molecule has 5 rings (SSSR count). The molecule has 3 atom stereocenters. The largest absolute Gasteiger partial charge is 0.482 e. The lowest BCUT2D eigenvalue weighted by molar-refractivity contribution is -0.145. The molecule has 2 amide bonds. The molecular formula is C25H19F3N2O6S2. The number of fused-ring (bicyclic) bond motifs is 2. The molecule has 0 radical (unpaired) electrons.